The van der Waals surface area contributed by atoms with E-state index in [0.29, 0.717) is 5.69 Å². The molecule has 2 rings (SSSR count). The standard InChI is InChI=1S/C14H15FN2/c1-2-17(12-6-4-3-5-7-12)14-9-8-11(15)10-13(14)16/h3-10H,2,16H2,1H3. The lowest BCUT2D eigenvalue weighted by molar-refractivity contribution is 0.628. The number of anilines is 3. The molecule has 0 aliphatic carbocycles. The van der Waals surface area contributed by atoms with Crippen LogP contribution in [0.5, 0.6) is 0 Å². The first-order chi connectivity index (χ1) is 8.22. The van der Waals surface area contributed by atoms with E-state index in [4.69, 9.17) is 5.73 Å². The molecule has 0 saturated heterocycles. The third-order valence-electron chi connectivity index (χ3n) is 2.66. The summed E-state index contributed by atoms with van der Waals surface area (Å²) >= 11 is 0. The van der Waals surface area contributed by atoms with Crippen molar-refractivity contribution < 1.29 is 4.39 Å². The largest absolute Gasteiger partial charge is 0.397 e. The smallest absolute Gasteiger partial charge is 0.125 e. The van der Waals surface area contributed by atoms with Gasteiger partial charge in [0.2, 0.25) is 0 Å². The highest BCUT2D eigenvalue weighted by Crippen LogP contribution is 2.30. The maximum Gasteiger partial charge on any atom is 0.125 e. The average molecular weight is 230 g/mol. The van der Waals surface area contributed by atoms with E-state index in [1.807, 2.05) is 37.3 Å². The van der Waals surface area contributed by atoms with Crippen molar-refractivity contribution in [1.82, 2.24) is 0 Å². The van der Waals surface area contributed by atoms with Crippen LogP contribution in [0.4, 0.5) is 21.5 Å². The van der Waals surface area contributed by atoms with Crippen molar-refractivity contribution in [3.63, 3.8) is 0 Å². The molecular weight excluding hydrogens is 215 g/mol. The summed E-state index contributed by atoms with van der Waals surface area (Å²) < 4.78 is 13.0. The first-order valence-corrected chi connectivity index (χ1v) is 5.60. The summed E-state index contributed by atoms with van der Waals surface area (Å²) in [6.07, 6.45) is 0. The Hall–Kier alpha value is -2.03. The number of nitrogen functional groups attached to an aromatic ring is 1. The van der Waals surface area contributed by atoms with E-state index in [0.717, 1.165) is 17.9 Å². The maximum absolute atomic E-state index is 13.0. The van der Waals surface area contributed by atoms with Gasteiger partial charge in [-0.2, -0.15) is 0 Å². The Balaban J connectivity index is 2.42. The van der Waals surface area contributed by atoms with Crippen LogP contribution in [0.15, 0.2) is 48.5 Å². The highest BCUT2D eigenvalue weighted by Gasteiger charge is 2.10. The zero-order valence-corrected chi connectivity index (χ0v) is 9.73. The predicted molar refractivity (Wildman–Crippen MR) is 69.9 cm³/mol. The van der Waals surface area contributed by atoms with E-state index in [-0.39, 0.29) is 5.82 Å². The minimum absolute atomic E-state index is 0.310. The van der Waals surface area contributed by atoms with Crippen LogP contribution in [0.1, 0.15) is 6.92 Å². The first kappa shape index (κ1) is 11.5. The molecule has 2 aromatic rings. The second-order valence-electron chi connectivity index (χ2n) is 3.78. The molecule has 88 valence electrons. The Kier molecular flexibility index (Phi) is 3.28. The van der Waals surface area contributed by atoms with E-state index in [9.17, 15) is 4.39 Å². The summed E-state index contributed by atoms with van der Waals surface area (Å²) in [6, 6.07) is 14.4. The molecule has 3 heteroatoms. The van der Waals surface area contributed by atoms with Gasteiger partial charge in [-0.25, -0.2) is 4.39 Å². The zero-order chi connectivity index (χ0) is 12.3. The van der Waals surface area contributed by atoms with E-state index >= 15 is 0 Å². The molecule has 0 radical (unpaired) electrons. The van der Waals surface area contributed by atoms with Gasteiger partial charge >= 0.3 is 0 Å². The normalized spacial score (nSPS) is 10.2. The van der Waals surface area contributed by atoms with Crippen molar-refractivity contribution in [3.05, 3.63) is 54.3 Å². The van der Waals surface area contributed by atoms with Gasteiger partial charge in [0, 0.05) is 12.2 Å². The third kappa shape index (κ3) is 2.38. The SMILES string of the molecule is CCN(c1ccccc1)c1ccc(F)cc1N. The summed E-state index contributed by atoms with van der Waals surface area (Å²) in [5.41, 5.74) is 8.19. The molecule has 0 aromatic heterocycles. The van der Waals surface area contributed by atoms with E-state index in [1.54, 1.807) is 6.07 Å². The second kappa shape index (κ2) is 4.87. The molecule has 2 aromatic carbocycles. The Labute approximate surface area is 100 Å². The molecule has 0 bridgehead atoms. The van der Waals surface area contributed by atoms with Gasteiger partial charge in [-0.15, -0.1) is 0 Å². The maximum atomic E-state index is 13.0. The molecule has 2 N–H and O–H groups in total. The van der Waals surface area contributed by atoms with Gasteiger partial charge in [-0.05, 0) is 37.3 Å². The van der Waals surface area contributed by atoms with E-state index in [2.05, 4.69) is 4.90 Å². The van der Waals surface area contributed by atoms with Gasteiger partial charge in [0.05, 0.1) is 11.4 Å². The van der Waals surface area contributed by atoms with Crippen molar-refractivity contribution in [2.45, 2.75) is 6.92 Å². The number of nitrogens with two attached hydrogens (primary N) is 1. The molecule has 0 aliphatic rings. The number of hydrogen-bond acceptors (Lipinski definition) is 2. The Morgan fingerprint density at radius 1 is 1.12 bits per heavy atom. The molecule has 2 nitrogen and oxygen atoms in total. The van der Waals surface area contributed by atoms with Crippen LogP contribution < -0.4 is 10.6 Å². The number of para-hydroxylation sites is 1. The first-order valence-electron chi connectivity index (χ1n) is 5.60. The lowest BCUT2D eigenvalue weighted by atomic mass is 10.2. The van der Waals surface area contributed by atoms with E-state index in [1.165, 1.54) is 12.1 Å². The van der Waals surface area contributed by atoms with Gasteiger partial charge in [-0.3, -0.25) is 0 Å². The lowest BCUT2D eigenvalue weighted by Gasteiger charge is -2.24. The van der Waals surface area contributed by atoms with Gasteiger partial charge in [-0.1, -0.05) is 18.2 Å². The van der Waals surface area contributed by atoms with Crippen LogP contribution in [0, 0.1) is 5.82 Å². The lowest BCUT2D eigenvalue weighted by Crippen LogP contribution is -2.17. The van der Waals surface area contributed by atoms with Gasteiger partial charge < -0.3 is 10.6 Å². The van der Waals surface area contributed by atoms with Crippen molar-refractivity contribution in [2.24, 2.45) is 0 Å². The van der Waals surface area contributed by atoms with Crippen LogP contribution in [-0.4, -0.2) is 6.54 Å². The van der Waals surface area contributed by atoms with Crippen LogP contribution >= 0.6 is 0 Å². The summed E-state index contributed by atoms with van der Waals surface area (Å²) in [7, 11) is 0. The van der Waals surface area contributed by atoms with Crippen LogP contribution in [0.3, 0.4) is 0 Å². The average Bonchev–Trinajstić information content (AvgIpc) is 2.34. The number of halogens is 1. The highest BCUT2D eigenvalue weighted by atomic mass is 19.1. The summed E-state index contributed by atoms with van der Waals surface area (Å²) in [4.78, 5) is 2.05. The van der Waals surface area contributed by atoms with Crippen LogP contribution in [-0.2, 0) is 0 Å². The molecule has 0 heterocycles. The topological polar surface area (TPSA) is 29.3 Å². The molecular formula is C14H15FN2. The number of nitrogens with zero attached hydrogens (tertiary/aromatic N) is 1. The number of hydrogen-bond donors (Lipinski definition) is 1. The third-order valence-corrected chi connectivity index (χ3v) is 2.66. The second-order valence-corrected chi connectivity index (χ2v) is 3.78. The Morgan fingerprint density at radius 3 is 2.41 bits per heavy atom. The fourth-order valence-electron chi connectivity index (χ4n) is 1.87. The van der Waals surface area contributed by atoms with Crippen molar-refractivity contribution in [2.75, 3.05) is 17.2 Å². The Morgan fingerprint density at radius 2 is 1.82 bits per heavy atom. The predicted octanol–water partition coefficient (Wildman–Crippen LogP) is 3.57. The zero-order valence-electron chi connectivity index (χ0n) is 9.73. The highest BCUT2D eigenvalue weighted by molar-refractivity contribution is 5.74. The van der Waals surface area contributed by atoms with E-state index < -0.39 is 0 Å². The van der Waals surface area contributed by atoms with Gasteiger partial charge in [0.25, 0.3) is 0 Å². The van der Waals surface area contributed by atoms with Crippen LogP contribution in [0.25, 0.3) is 0 Å². The van der Waals surface area contributed by atoms with Crippen molar-refractivity contribution >= 4 is 17.1 Å². The van der Waals surface area contributed by atoms with Gasteiger partial charge in [0.15, 0.2) is 0 Å². The molecule has 0 amide bonds. The van der Waals surface area contributed by atoms with Crippen molar-refractivity contribution in [1.29, 1.82) is 0 Å². The molecule has 0 aliphatic heterocycles. The molecule has 0 unspecified atom stereocenters. The summed E-state index contributed by atoms with van der Waals surface area (Å²) in [5.74, 6) is -0.310. The molecule has 0 fully saturated rings. The minimum atomic E-state index is -0.310. The quantitative estimate of drug-likeness (QED) is 0.817. The molecule has 0 atom stereocenters. The molecule has 0 spiro atoms. The van der Waals surface area contributed by atoms with Crippen LogP contribution in [0.2, 0.25) is 0 Å². The van der Waals surface area contributed by atoms with Gasteiger partial charge in [0.1, 0.15) is 5.82 Å². The van der Waals surface area contributed by atoms with Crippen molar-refractivity contribution in [3.8, 4) is 0 Å². The fraction of sp³-hybridized carbons (Fsp3) is 0.143. The Bertz CT molecular complexity index is 497. The monoisotopic (exact) mass is 230 g/mol. The summed E-state index contributed by atoms with van der Waals surface area (Å²) in [6.45, 7) is 2.82. The number of benzene rings is 2. The fourth-order valence-corrected chi connectivity index (χ4v) is 1.87. The summed E-state index contributed by atoms with van der Waals surface area (Å²) in [5, 5.41) is 0. The molecule has 17 heavy (non-hydrogen) atoms. The molecule has 0 saturated carbocycles. The number of rotatable bonds is 3. The minimum Gasteiger partial charge on any atom is -0.397 e.